The standard InChI is InChI=1S/C31H27NO4S3/c1-5-36-21-16-17-23-22(18-21)24(27(37)31(2,3)32(23)28(33)20-14-10-7-11-15-20)30-38-25(19-12-8-6-9-13-19)26(39-30)29(34)35-4/h6-18H,5H2,1-4H3/b30-24+. The van der Waals surface area contributed by atoms with Gasteiger partial charge in [-0.1, -0.05) is 84.3 Å². The highest BCUT2D eigenvalue weighted by atomic mass is 32.2. The molecule has 2 aliphatic rings. The molecule has 0 fully saturated rings. The minimum absolute atomic E-state index is 0.137. The minimum atomic E-state index is -0.827. The van der Waals surface area contributed by atoms with Crippen LogP contribution in [-0.2, 0) is 9.53 Å². The van der Waals surface area contributed by atoms with Gasteiger partial charge in [0.05, 0.1) is 34.0 Å². The number of rotatable bonds is 5. The molecule has 0 saturated carbocycles. The van der Waals surface area contributed by atoms with Crippen molar-refractivity contribution < 1.29 is 19.1 Å². The minimum Gasteiger partial charge on any atom is -0.494 e. The lowest BCUT2D eigenvalue weighted by Crippen LogP contribution is -2.55. The van der Waals surface area contributed by atoms with E-state index in [1.165, 1.54) is 30.6 Å². The number of fused-ring (bicyclic) bond motifs is 1. The molecule has 3 aromatic carbocycles. The van der Waals surface area contributed by atoms with Crippen LogP contribution in [0, 0.1) is 0 Å². The maximum Gasteiger partial charge on any atom is 0.345 e. The number of hydrogen-bond acceptors (Lipinski definition) is 7. The third-order valence-electron chi connectivity index (χ3n) is 6.56. The van der Waals surface area contributed by atoms with Gasteiger partial charge in [-0.15, -0.1) is 0 Å². The number of methoxy groups -OCH3 is 1. The number of benzene rings is 3. The zero-order chi connectivity index (χ0) is 27.7. The highest BCUT2D eigenvalue weighted by molar-refractivity contribution is 8.32. The van der Waals surface area contributed by atoms with Gasteiger partial charge in [0.25, 0.3) is 5.91 Å². The molecule has 1 amide bonds. The van der Waals surface area contributed by atoms with Crippen molar-refractivity contribution in [3.05, 3.63) is 105 Å². The maximum atomic E-state index is 13.9. The molecular formula is C31H27NO4S3. The molecule has 0 atom stereocenters. The molecule has 0 bridgehead atoms. The zero-order valence-electron chi connectivity index (χ0n) is 22.0. The summed E-state index contributed by atoms with van der Waals surface area (Å²) in [5.74, 6) is 0.149. The summed E-state index contributed by atoms with van der Waals surface area (Å²) in [6, 6.07) is 24.7. The van der Waals surface area contributed by atoms with Crippen LogP contribution < -0.4 is 9.64 Å². The molecule has 0 spiro atoms. The van der Waals surface area contributed by atoms with E-state index in [0.29, 0.717) is 27.7 Å². The van der Waals surface area contributed by atoms with Gasteiger partial charge in [-0.25, -0.2) is 4.79 Å². The molecule has 0 saturated heterocycles. The van der Waals surface area contributed by atoms with Crippen LogP contribution in [-0.4, -0.2) is 36.0 Å². The summed E-state index contributed by atoms with van der Waals surface area (Å²) in [5, 5.41) is 0. The normalized spacial score (nSPS) is 18.2. The van der Waals surface area contributed by atoms with Crippen LogP contribution in [0.2, 0.25) is 0 Å². The molecule has 2 heterocycles. The number of nitrogens with zero attached hydrogens (tertiary/aromatic N) is 1. The Hall–Kier alpha value is -3.33. The Labute approximate surface area is 242 Å². The Bertz CT molecular complexity index is 1530. The Morgan fingerprint density at radius 1 is 0.949 bits per heavy atom. The molecule has 0 N–H and O–H groups in total. The van der Waals surface area contributed by atoms with Gasteiger partial charge in [0, 0.05) is 21.6 Å². The number of hydrogen-bond donors (Lipinski definition) is 0. The first-order chi connectivity index (χ1) is 18.8. The van der Waals surface area contributed by atoms with Crippen molar-refractivity contribution in [2.24, 2.45) is 0 Å². The Morgan fingerprint density at radius 2 is 1.62 bits per heavy atom. The summed E-state index contributed by atoms with van der Waals surface area (Å²) in [6.07, 6.45) is 0. The van der Waals surface area contributed by atoms with Crippen molar-refractivity contribution in [1.82, 2.24) is 0 Å². The number of thioether (sulfide) groups is 2. The second-order valence-electron chi connectivity index (χ2n) is 9.39. The van der Waals surface area contributed by atoms with Gasteiger partial charge < -0.3 is 9.47 Å². The lowest BCUT2D eigenvalue weighted by molar-refractivity contribution is -0.135. The van der Waals surface area contributed by atoms with E-state index >= 15 is 0 Å². The molecule has 0 unspecified atom stereocenters. The number of ether oxygens (including phenoxy) is 2. The fourth-order valence-corrected chi connectivity index (χ4v) is 7.84. The van der Waals surface area contributed by atoms with E-state index in [0.717, 1.165) is 31.5 Å². The van der Waals surface area contributed by atoms with Gasteiger partial charge in [0.1, 0.15) is 10.7 Å². The fourth-order valence-electron chi connectivity index (χ4n) is 4.68. The number of esters is 1. The Morgan fingerprint density at radius 3 is 2.26 bits per heavy atom. The van der Waals surface area contributed by atoms with Gasteiger partial charge in [0.2, 0.25) is 0 Å². The average molecular weight is 574 g/mol. The molecule has 5 nitrogen and oxygen atoms in total. The van der Waals surface area contributed by atoms with Gasteiger partial charge in [-0.2, -0.15) is 0 Å². The lowest BCUT2D eigenvalue weighted by Gasteiger charge is -2.45. The molecule has 0 aromatic heterocycles. The molecule has 3 aromatic rings. The molecule has 198 valence electrons. The van der Waals surface area contributed by atoms with E-state index in [1.807, 2.05) is 99.6 Å². The largest absolute Gasteiger partial charge is 0.494 e. The summed E-state index contributed by atoms with van der Waals surface area (Å²) in [6.45, 7) is 6.36. The first-order valence-electron chi connectivity index (χ1n) is 12.5. The number of amides is 1. The van der Waals surface area contributed by atoms with Crippen molar-refractivity contribution in [1.29, 1.82) is 0 Å². The van der Waals surface area contributed by atoms with Crippen LogP contribution in [0.3, 0.4) is 0 Å². The highest BCUT2D eigenvalue weighted by Gasteiger charge is 2.46. The summed E-state index contributed by atoms with van der Waals surface area (Å²) >= 11 is 9.03. The summed E-state index contributed by atoms with van der Waals surface area (Å²) in [7, 11) is 1.39. The third kappa shape index (κ3) is 4.93. The van der Waals surface area contributed by atoms with Crippen LogP contribution >= 0.6 is 35.7 Å². The van der Waals surface area contributed by atoms with E-state index in [2.05, 4.69) is 0 Å². The van der Waals surface area contributed by atoms with Crippen molar-refractivity contribution in [3.8, 4) is 5.75 Å². The third-order valence-corrected chi connectivity index (χ3v) is 9.89. The molecule has 0 aliphatic carbocycles. The number of thiocarbonyl (C=S) groups is 1. The van der Waals surface area contributed by atoms with Gasteiger partial charge >= 0.3 is 5.97 Å². The molecule has 5 rings (SSSR count). The SMILES string of the molecule is CCOc1ccc2c(c1)/C(=C1\SC(C(=O)OC)=C(c3ccccc3)S1)C(=S)C(C)(C)N2C(=O)c1ccccc1. The summed E-state index contributed by atoms with van der Waals surface area (Å²) in [4.78, 5) is 30.5. The lowest BCUT2D eigenvalue weighted by atomic mass is 9.82. The van der Waals surface area contributed by atoms with Crippen LogP contribution in [0.25, 0.3) is 10.5 Å². The first kappa shape index (κ1) is 27.2. The second kappa shape index (κ2) is 11.0. The number of anilines is 1. The zero-order valence-corrected chi connectivity index (χ0v) is 24.5. The van der Waals surface area contributed by atoms with Crippen LogP contribution in [0.1, 0.15) is 42.3 Å². The van der Waals surface area contributed by atoms with E-state index in [9.17, 15) is 9.59 Å². The smallest absolute Gasteiger partial charge is 0.345 e. The van der Waals surface area contributed by atoms with E-state index < -0.39 is 11.5 Å². The van der Waals surface area contributed by atoms with E-state index in [1.54, 1.807) is 4.90 Å². The van der Waals surface area contributed by atoms with Crippen molar-refractivity contribution in [2.45, 2.75) is 26.3 Å². The average Bonchev–Trinajstić information content (AvgIpc) is 3.39. The number of carbonyl (C=O) groups is 2. The summed E-state index contributed by atoms with van der Waals surface area (Å²) < 4.78 is 11.9. The van der Waals surface area contributed by atoms with Gasteiger partial charge in [-0.3, -0.25) is 9.69 Å². The molecule has 8 heteroatoms. The van der Waals surface area contributed by atoms with Crippen LogP contribution in [0.4, 0.5) is 5.69 Å². The van der Waals surface area contributed by atoms with Crippen molar-refractivity contribution in [2.75, 3.05) is 18.6 Å². The monoisotopic (exact) mass is 573 g/mol. The molecule has 0 radical (unpaired) electrons. The first-order valence-corrected chi connectivity index (χ1v) is 14.5. The van der Waals surface area contributed by atoms with E-state index in [-0.39, 0.29) is 5.91 Å². The predicted octanol–water partition coefficient (Wildman–Crippen LogP) is 7.58. The second-order valence-corrected chi connectivity index (χ2v) is 12.1. The number of carbonyl (C=O) groups excluding carboxylic acids is 2. The summed E-state index contributed by atoms with van der Waals surface area (Å²) in [5.41, 5.74) is 3.04. The highest BCUT2D eigenvalue weighted by Crippen LogP contribution is 2.58. The predicted molar refractivity (Wildman–Crippen MR) is 165 cm³/mol. The van der Waals surface area contributed by atoms with Crippen molar-refractivity contribution >= 4 is 68.6 Å². The quantitative estimate of drug-likeness (QED) is 0.177. The van der Waals surface area contributed by atoms with Crippen LogP contribution in [0.15, 0.2) is 88.0 Å². The van der Waals surface area contributed by atoms with Crippen molar-refractivity contribution in [3.63, 3.8) is 0 Å². The Kier molecular flexibility index (Phi) is 7.71. The molecular weight excluding hydrogens is 547 g/mol. The van der Waals surface area contributed by atoms with Crippen LogP contribution in [0.5, 0.6) is 5.75 Å². The van der Waals surface area contributed by atoms with Gasteiger partial charge in [0.15, 0.2) is 0 Å². The van der Waals surface area contributed by atoms with Gasteiger partial charge in [-0.05, 0) is 56.7 Å². The Balaban J connectivity index is 1.71. The van der Waals surface area contributed by atoms with E-state index in [4.69, 9.17) is 21.7 Å². The fraction of sp³-hybridized carbons (Fsp3) is 0.194. The molecule has 2 aliphatic heterocycles. The maximum absolute atomic E-state index is 13.9. The molecule has 39 heavy (non-hydrogen) atoms. The topological polar surface area (TPSA) is 55.8 Å².